The van der Waals surface area contributed by atoms with Gasteiger partial charge >= 0.3 is 17.5 Å². The number of nitrogens with zero attached hydrogens (tertiary/aromatic N) is 2. The van der Waals surface area contributed by atoms with Gasteiger partial charge in [-0.3, -0.25) is 9.13 Å². The Morgan fingerprint density at radius 1 is 0.909 bits per heavy atom. The van der Waals surface area contributed by atoms with Gasteiger partial charge in [-0.25, -0.2) is 14.4 Å². The number of alkyl carbamates (subject to hydrolysis) is 1. The highest BCUT2D eigenvalue weighted by molar-refractivity contribution is 5.75. The van der Waals surface area contributed by atoms with Gasteiger partial charge in [-0.15, -0.1) is 0 Å². The number of carbonyl (C=O) groups is 1. The van der Waals surface area contributed by atoms with Crippen molar-refractivity contribution in [1.82, 2.24) is 24.4 Å². The zero-order valence-corrected chi connectivity index (χ0v) is 19.1. The van der Waals surface area contributed by atoms with Crippen LogP contribution in [0.3, 0.4) is 0 Å². The molecule has 0 bridgehead atoms. The lowest BCUT2D eigenvalue weighted by Crippen LogP contribution is -2.35. The second-order valence-electron chi connectivity index (χ2n) is 8.42. The molecule has 10 heteroatoms. The number of amides is 1. The molecule has 0 aliphatic rings. The predicted molar refractivity (Wildman–Crippen MR) is 128 cm³/mol. The lowest BCUT2D eigenvalue weighted by atomic mass is 10.2. The summed E-state index contributed by atoms with van der Waals surface area (Å²) in [4.78, 5) is 40.2. The van der Waals surface area contributed by atoms with Crippen LogP contribution in [-0.2, 0) is 17.8 Å². The van der Waals surface area contributed by atoms with Crippen molar-refractivity contribution in [3.05, 3.63) is 69.5 Å². The third-order valence-corrected chi connectivity index (χ3v) is 4.72. The van der Waals surface area contributed by atoms with E-state index in [2.05, 4.69) is 15.3 Å². The second-order valence-corrected chi connectivity index (χ2v) is 8.42. The van der Waals surface area contributed by atoms with Gasteiger partial charge in [-0.1, -0.05) is 24.3 Å². The minimum atomic E-state index is -0.526. The van der Waals surface area contributed by atoms with Crippen LogP contribution in [0.4, 0.5) is 4.79 Å². The summed E-state index contributed by atoms with van der Waals surface area (Å²) in [5, 5.41) is 2.63. The van der Waals surface area contributed by atoms with Crippen LogP contribution in [0.1, 0.15) is 20.8 Å². The highest BCUT2D eigenvalue weighted by atomic mass is 16.6. The number of carbonyl (C=O) groups excluding carboxylic acids is 1. The van der Waals surface area contributed by atoms with Gasteiger partial charge in [-0.2, -0.15) is 0 Å². The molecule has 176 valence electrons. The Hall–Kier alpha value is -3.79. The molecule has 0 saturated carbocycles. The standard InChI is InChI=1S/C14H19N3O3.C9H11N3O/c1-14(2,3)20-13(19)15-8-9-17-11-7-5-4-6-10(11)16-12(17)18;10-5-6-12-8-4-2-1-3-7(8)11-9(12)13/h4-7H,8-9H2,1-3H3,(H,15,19)(H,16,18);1-4H,5-6,10H2,(H,11,13). The number of rotatable bonds is 5. The van der Waals surface area contributed by atoms with Crippen molar-refractivity contribution in [2.45, 2.75) is 39.5 Å². The lowest BCUT2D eigenvalue weighted by Gasteiger charge is -2.19. The van der Waals surface area contributed by atoms with E-state index in [1.54, 1.807) is 29.9 Å². The van der Waals surface area contributed by atoms with Crippen LogP contribution in [0.2, 0.25) is 0 Å². The quantitative estimate of drug-likeness (QED) is 0.366. The zero-order chi connectivity index (χ0) is 24.0. The van der Waals surface area contributed by atoms with Gasteiger partial charge in [0.05, 0.1) is 22.1 Å². The molecule has 0 fully saturated rings. The zero-order valence-electron chi connectivity index (χ0n) is 19.1. The largest absolute Gasteiger partial charge is 0.444 e. The Morgan fingerprint density at radius 3 is 1.88 bits per heavy atom. The highest BCUT2D eigenvalue weighted by Crippen LogP contribution is 2.09. The van der Waals surface area contributed by atoms with Crippen molar-refractivity contribution in [3.8, 4) is 0 Å². The van der Waals surface area contributed by atoms with Crippen molar-refractivity contribution in [3.63, 3.8) is 0 Å². The Morgan fingerprint density at radius 2 is 1.39 bits per heavy atom. The van der Waals surface area contributed by atoms with Crippen molar-refractivity contribution in [2.24, 2.45) is 5.73 Å². The summed E-state index contributed by atoms with van der Waals surface area (Å²) in [6.45, 7) is 7.16. The van der Waals surface area contributed by atoms with Crippen LogP contribution in [0.15, 0.2) is 58.1 Å². The number of hydrogen-bond acceptors (Lipinski definition) is 5. The van der Waals surface area contributed by atoms with Gasteiger partial charge in [0, 0.05) is 26.2 Å². The number of nitrogens with two attached hydrogens (primary N) is 1. The molecular formula is C23H30N6O4. The molecule has 0 saturated heterocycles. The summed E-state index contributed by atoms with van der Waals surface area (Å²) in [5.74, 6) is 0. The molecule has 0 aliphatic carbocycles. The van der Waals surface area contributed by atoms with Crippen LogP contribution in [0.5, 0.6) is 0 Å². The Labute approximate surface area is 190 Å². The van der Waals surface area contributed by atoms with Crippen LogP contribution >= 0.6 is 0 Å². The second kappa shape index (κ2) is 10.2. The van der Waals surface area contributed by atoms with Crippen LogP contribution in [0.25, 0.3) is 22.1 Å². The molecule has 33 heavy (non-hydrogen) atoms. The van der Waals surface area contributed by atoms with E-state index in [-0.39, 0.29) is 11.4 Å². The summed E-state index contributed by atoms with van der Waals surface area (Å²) in [6, 6.07) is 15.0. The van der Waals surface area contributed by atoms with Crippen LogP contribution < -0.4 is 22.4 Å². The van der Waals surface area contributed by atoms with Crippen LogP contribution in [-0.4, -0.2) is 43.9 Å². The van der Waals surface area contributed by atoms with Gasteiger partial charge in [0.25, 0.3) is 0 Å². The molecule has 0 atom stereocenters. The molecule has 4 rings (SSSR count). The minimum absolute atomic E-state index is 0.0911. The maximum Gasteiger partial charge on any atom is 0.407 e. The molecule has 0 aliphatic heterocycles. The Balaban J connectivity index is 0.000000203. The third kappa shape index (κ3) is 6.13. The van der Waals surface area contributed by atoms with E-state index >= 15 is 0 Å². The molecule has 4 aromatic rings. The van der Waals surface area contributed by atoms with E-state index in [0.29, 0.717) is 26.2 Å². The number of H-pyrrole nitrogens is 2. The highest BCUT2D eigenvalue weighted by Gasteiger charge is 2.15. The predicted octanol–water partition coefficient (Wildman–Crippen LogP) is 2.14. The number of benzene rings is 2. The fourth-order valence-electron chi connectivity index (χ4n) is 3.37. The number of imidazole rings is 2. The van der Waals surface area contributed by atoms with E-state index in [0.717, 1.165) is 22.1 Å². The van der Waals surface area contributed by atoms with E-state index < -0.39 is 11.7 Å². The maximum absolute atomic E-state index is 11.8. The van der Waals surface area contributed by atoms with Crippen LogP contribution in [0, 0.1) is 0 Å². The molecular weight excluding hydrogens is 424 g/mol. The Bertz CT molecular complexity index is 1340. The van der Waals surface area contributed by atoms with Gasteiger partial charge in [0.1, 0.15) is 5.60 Å². The molecule has 10 nitrogen and oxygen atoms in total. The average molecular weight is 455 g/mol. The summed E-state index contributed by atoms with van der Waals surface area (Å²) in [5.41, 5.74) is 7.99. The van der Waals surface area contributed by atoms with Crippen molar-refractivity contribution >= 4 is 28.2 Å². The Kier molecular flexibility index (Phi) is 7.39. The topological polar surface area (TPSA) is 140 Å². The molecule has 0 unspecified atom stereocenters. The van der Waals surface area contributed by atoms with Gasteiger partial charge in [-0.05, 0) is 45.0 Å². The minimum Gasteiger partial charge on any atom is -0.444 e. The number of aromatic amines is 2. The molecule has 0 radical (unpaired) electrons. The third-order valence-electron chi connectivity index (χ3n) is 4.72. The molecule has 2 heterocycles. The molecule has 5 N–H and O–H groups in total. The molecule has 2 aromatic heterocycles. The molecule has 2 aromatic carbocycles. The number of ether oxygens (including phenoxy) is 1. The smallest absolute Gasteiger partial charge is 0.407 e. The maximum atomic E-state index is 11.8. The van der Waals surface area contributed by atoms with E-state index in [4.69, 9.17) is 10.5 Å². The fraction of sp³-hybridized carbons (Fsp3) is 0.348. The SMILES string of the molecule is CC(C)(C)OC(=O)NCCn1c(=O)[nH]c2ccccc21.NCCn1c(=O)[nH]c2ccccc21. The summed E-state index contributed by atoms with van der Waals surface area (Å²) in [6.07, 6.45) is -0.481. The first-order chi connectivity index (χ1) is 15.7. The monoisotopic (exact) mass is 454 g/mol. The molecule has 0 spiro atoms. The summed E-state index contributed by atoms with van der Waals surface area (Å²) >= 11 is 0. The van der Waals surface area contributed by atoms with E-state index in [1.807, 2.05) is 48.5 Å². The number of para-hydroxylation sites is 4. The first-order valence-electron chi connectivity index (χ1n) is 10.7. The van der Waals surface area contributed by atoms with Crippen molar-refractivity contribution in [1.29, 1.82) is 0 Å². The number of aromatic nitrogens is 4. The number of hydrogen-bond donors (Lipinski definition) is 4. The first kappa shape index (κ1) is 23.9. The van der Waals surface area contributed by atoms with E-state index in [9.17, 15) is 14.4 Å². The van der Waals surface area contributed by atoms with Gasteiger partial charge in [0.15, 0.2) is 0 Å². The molecule has 1 amide bonds. The van der Waals surface area contributed by atoms with Crippen molar-refractivity contribution < 1.29 is 9.53 Å². The van der Waals surface area contributed by atoms with E-state index in [1.165, 1.54) is 0 Å². The first-order valence-corrected chi connectivity index (χ1v) is 10.7. The summed E-state index contributed by atoms with van der Waals surface area (Å²) < 4.78 is 8.37. The van der Waals surface area contributed by atoms with Gasteiger partial charge in [0.2, 0.25) is 0 Å². The summed E-state index contributed by atoms with van der Waals surface area (Å²) in [7, 11) is 0. The number of nitrogens with one attached hydrogen (secondary N) is 3. The number of fused-ring (bicyclic) bond motifs is 2. The van der Waals surface area contributed by atoms with Crippen molar-refractivity contribution in [2.75, 3.05) is 13.1 Å². The lowest BCUT2D eigenvalue weighted by molar-refractivity contribution is 0.0526. The normalized spacial score (nSPS) is 11.3. The fourth-order valence-corrected chi connectivity index (χ4v) is 3.37. The van der Waals surface area contributed by atoms with Gasteiger partial charge < -0.3 is 25.8 Å². The average Bonchev–Trinajstić information content (AvgIpc) is 3.24.